The van der Waals surface area contributed by atoms with Crippen molar-refractivity contribution < 1.29 is 8.78 Å². The van der Waals surface area contributed by atoms with Crippen molar-refractivity contribution >= 4 is 17.5 Å². The number of alkyl halides is 2. The van der Waals surface area contributed by atoms with E-state index in [9.17, 15) is 0 Å². The second-order valence-corrected chi connectivity index (χ2v) is 17.4. The van der Waals surface area contributed by atoms with Gasteiger partial charge in [0.2, 0.25) is 0 Å². The van der Waals surface area contributed by atoms with Gasteiger partial charge in [-0.05, 0) is 136 Å². The van der Waals surface area contributed by atoms with Crippen LogP contribution in [0.1, 0.15) is 158 Å². The number of rotatable bonds is 15. The first-order chi connectivity index (χ1) is 29.0. The molecule has 3 aromatic carbocycles. The first-order valence-electron chi connectivity index (χ1n) is 23.7. The molecule has 1 N–H and O–H groups in total. The maximum Gasteiger partial charge on any atom is 0.270 e. The Labute approximate surface area is 366 Å². The average Bonchev–Trinajstić information content (AvgIpc) is 3.74. The van der Waals surface area contributed by atoms with Gasteiger partial charge in [0.25, 0.3) is 5.92 Å². The SMILES string of the molecule is C=CCCCCC.C=Cc1ccc(N2CCN(CC3CCN(c4ccc(C(c5ccc(C)cc5C(C)(F)F)C5(CC)CCCCC5)cc4)CC3)C2)cc1CC.CC.CNC. The largest absolute Gasteiger partial charge is 0.372 e. The fraction of sp³-hybridized carbons (Fsp3) is 0.593. The predicted molar refractivity (Wildman–Crippen MR) is 260 cm³/mol. The zero-order valence-corrected chi connectivity index (χ0v) is 39.5. The van der Waals surface area contributed by atoms with E-state index in [1.165, 1.54) is 85.9 Å². The van der Waals surface area contributed by atoms with Crippen LogP contribution < -0.4 is 15.1 Å². The number of piperidine rings is 1. The number of benzene rings is 3. The Balaban J connectivity index is 0.000000710. The van der Waals surface area contributed by atoms with Gasteiger partial charge in [-0.25, -0.2) is 8.78 Å². The smallest absolute Gasteiger partial charge is 0.270 e. The van der Waals surface area contributed by atoms with Crippen LogP contribution in [-0.4, -0.2) is 58.4 Å². The minimum Gasteiger partial charge on any atom is -0.372 e. The highest BCUT2D eigenvalue weighted by atomic mass is 19.3. The van der Waals surface area contributed by atoms with E-state index >= 15 is 8.78 Å². The van der Waals surface area contributed by atoms with Crippen LogP contribution in [0.5, 0.6) is 0 Å². The summed E-state index contributed by atoms with van der Waals surface area (Å²) in [6.07, 6.45) is 19.4. The molecule has 3 aliphatic rings. The van der Waals surface area contributed by atoms with Crippen molar-refractivity contribution in [2.75, 3.05) is 63.3 Å². The third kappa shape index (κ3) is 14.3. The first-order valence-corrected chi connectivity index (χ1v) is 23.7. The Morgan fingerprint density at radius 1 is 0.833 bits per heavy atom. The van der Waals surface area contributed by atoms with E-state index in [4.69, 9.17) is 0 Å². The molecule has 1 aliphatic carbocycles. The van der Waals surface area contributed by atoms with Gasteiger partial charge in [0.15, 0.2) is 0 Å². The first kappa shape index (κ1) is 50.9. The van der Waals surface area contributed by atoms with Crippen molar-refractivity contribution in [1.29, 1.82) is 0 Å². The van der Waals surface area contributed by atoms with Gasteiger partial charge in [0.1, 0.15) is 0 Å². The molecule has 6 heteroatoms. The number of allylic oxidation sites excluding steroid dienone is 1. The molecule has 0 aromatic heterocycles. The zero-order chi connectivity index (χ0) is 44.1. The second-order valence-electron chi connectivity index (χ2n) is 17.4. The number of unbranched alkanes of at least 4 members (excludes halogenated alkanes) is 3. The Bertz CT molecular complexity index is 1660. The molecule has 6 rings (SSSR count). The molecule has 1 saturated carbocycles. The summed E-state index contributed by atoms with van der Waals surface area (Å²) >= 11 is 0. The molecule has 4 nitrogen and oxygen atoms in total. The molecular weight excluding hydrogens is 743 g/mol. The van der Waals surface area contributed by atoms with Gasteiger partial charge >= 0.3 is 0 Å². The molecular formula is C54H84F2N4. The standard InChI is InChI=1S/C43H57F2N3.C7H14.C2H7N.C2H6/c1-6-34-13-18-38(29-35(34)7-2)48-27-26-46(31-48)30-33-20-24-47(25-21-33)37-16-14-36(15-17-37)41(43(8-3)22-10-9-11-23-43)39-19-12-32(4)28-40(39)42(5,44)45;1-3-5-7-6-4-2;1-3-2;1-2/h6,12-19,28-29,33,41H,1,7-11,20-27,30-31H2,2-5H3;3H,1,4-7H2,2H3;3H,1-2H3;1-2H3. The van der Waals surface area contributed by atoms with Crippen LogP contribution in [0.2, 0.25) is 0 Å². The molecule has 1 atom stereocenters. The van der Waals surface area contributed by atoms with Crippen molar-refractivity contribution in [3.63, 3.8) is 0 Å². The molecule has 0 amide bonds. The van der Waals surface area contributed by atoms with Gasteiger partial charge in [0, 0.05) is 62.5 Å². The van der Waals surface area contributed by atoms with Crippen LogP contribution in [0.4, 0.5) is 20.2 Å². The Hall–Kier alpha value is -3.48. The van der Waals surface area contributed by atoms with E-state index in [2.05, 4.69) is 96.4 Å². The van der Waals surface area contributed by atoms with Gasteiger partial charge in [0.05, 0.1) is 6.67 Å². The minimum absolute atomic E-state index is 0.00581. The third-order valence-electron chi connectivity index (χ3n) is 13.0. The average molecular weight is 827 g/mol. The summed E-state index contributed by atoms with van der Waals surface area (Å²) in [4.78, 5) is 7.69. The zero-order valence-electron chi connectivity index (χ0n) is 39.5. The lowest BCUT2D eigenvalue weighted by molar-refractivity contribution is 0.0150. The van der Waals surface area contributed by atoms with Crippen LogP contribution in [0.3, 0.4) is 0 Å². The molecule has 1 unspecified atom stereocenters. The van der Waals surface area contributed by atoms with Crippen LogP contribution >= 0.6 is 0 Å². The van der Waals surface area contributed by atoms with Crippen molar-refractivity contribution in [3.05, 3.63) is 113 Å². The van der Waals surface area contributed by atoms with Crippen LogP contribution in [0.15, 0.2) is 79.9 Å². The topological polar surface area (TPSA) is 21.8 Å². The number of hydrogen-bond acceptors (Lipinski definition) is 4. The fourth-order valence-corrected chi connectivity index (χ4v) is 9.72. The van der Waals surface area contributed by atoms with Crippen molar-refractivity contribution in [2.45, 2.75) is 144 Å². The summed E-state index contributed by atoms with van der Waals surface area (Å²) in [7, 11) is 3.75. The molecule has 3 fully saturated rings. The number of anilines is 2. The van der Waals surface area contributed by atoms with Gasteiger partial charge in [-0.15, -0.1) is 6.58 Å². The molecule has 0 bridgehead atoms. The highest BCUT2D eigenvalue weighted by Crippen LogP contribution is 2.54. The molecule has 2 saturated heterocycles. The number of hydrogen-bond donors (Lipinski definition) is 1. The monoisotopic (exact) mass is 827 g/mol. The van der Waals surface area contributed by atoms with Crippen molar-refractivity contribution in [2.24, 2.45) is 11.3 Å². The number of nitrogens with zero attached hydrogens (tertiary/aromatic N) is 3. The Morgan fingerprint density at radius 3 is 2.05 bits per heavy atom. The molecule has 0 radical (unpaired) electrons. The van der Waals surface area contributed by atoms with Gasteiger partial charge < -0.3 is 15.1 Å². The van der Waals surface area contributed by atoms with Crippen molar-refractivity contribution in [3.8, 4) is 0 Å². The summed E-state index contributed by atoms with van der Waals surface area (Å²) in [5.41, 5.74) is 8.33. The molecule has 0 spiro atoms. The molecule has 2 heterocycles. The summed E-state index contributed by atoms with van der Waals surface area (Å²) in [6, 6.07) is 21.7. The lowest BCUT2D eigenvalue weighted by atomic mass is 9.59. The minimum atomic E-state index is -2.88. The maximum absolute atomic E-state index is 15.2. The third-order valence-corrected chi connectivity index (χ3v) is 13.0. The molecule has 60 heavy (non-hydrogen) atoms. The van der Waals surface area contributed by atoms with Crippen molar-refractivity contribution in [1.82, 2.24) is 10.2 Å². The molecule has 3 aromatic rings. The van der Waals surface area contributed by atoms with Gasteiger partial charge in [-0.2, -0.15) is 0 Å². The van der Waals surface area contributed by atoms with E-state index in [1.807, 2.05) is 59.2 Å². The van der Waals surface area contributed by atoms with Crippen LogP contribution in [0.25, 0.3) is 6.08 Å². The maximum atomic E-state index is 15.2. The number of halogens is 2. The van der Waals surface area contributed by atoms with Crippen LogP contribution in [0, 0.1) is 18.3 Å². The number of aryl methyl sites for hydroxylation is 2. The molecule has 334 valence electrons. The normalized spacial score (nSPS) is 17.3. The van der Waals surface area contributed by atoms with E-state index in [0.717, 1.165) is 83.1 Å². The van der Waals surface area contributed by atoms with Crippen LogP contribution in [-0.2, 0) is 12.3 Å². The van der Waals surface area contributed by atoms with E-state index < -0.39 is 5.92 Å². The number of nitrogens with one attached hydrogen (secondary N) is 1. The molecule has 2 aliphatic heterocycles. The second kappa shape index (κ2) is 26.1. The fourth-order valence-electron chi connectivity index (χ4n) is 9.72. The highest BCUT2D eigenvalue weighted by molar-refractivity contribution is 5.60. The summed E-state index contributed by atoms with van der Waals surface area (Å²) in [5.74, 6) is -2.20. The highest BCUT2D eigenvalue weighted by Gasteiger charge is 2.43. The summed E-state index contributed by atoms with van der Waals surface area (Å²) < 4.78 is 30.3. The van der Waals surface area contributed by atoms with E-state index in [-0.39, 0.29) is 16.9 Å². The Kier molecular flexibility index (Phi) is 22.1. The summed E-state index contributed by atoms with van der Waals surface area (Å²) in [6.45, 7) is 27.8. The summed E-state index contributed by atoms with van der Waals surface area (Å²) in [5, 5.41) is 2.75. The van der Waals surface area contributed by atoms with E-state index in [0.29, 0.717) is 5.92 Å². The lowest BCUT2D eigenvalue weighted by Crippen LogP contribution is -2.38. The quantitative estimate of drug-likeness (QED) is 0.122. The van der Waals surface area contributed by atoms with Gasteiger partial charge in [-0.3, -0.25) is 4.90 Å². The predicted octanol–water partition coefficient (Wildman–Crippen LogP) is 14.4. The Morgan fingerprint density at radius 2 is 1.48 bits per heavy atom. The lowest BCUT2D eigenvalue weighted by Gasteiger charge is -2.45. The van der Waals surface area contributed by atoms with Gasteiger partial charge in [-0.1, -0.05) is 121 Å². The van der Waals surface area contributed by atoms with E-state index in [1.54, 1.807) is 6.07 Å².